The number of fused-ring (bicyclic) bond motifs is 3. The van der Waals surface area contributed by atoms with Gasteiger partial charge in [0.05, 0.1) is 17.2 Å². The zero-order chi connectivity index (χ0) is 9.54. The van der Waals surface area contributed by atoms with E-state index in [1.807, 2.05) is 18.5 Å². The highest BCUT2D eigenvalue weighted by Crippen LogP contribution is 2.26. The van der Waals surface area contributed by atoms with Gasteiger partial charge >= 0.3 is 0 Å². The monoisotopic (exact) mass is 246 g/mol. The number of hydrogen-bond donors (Lipinski definition) is 0. The third-order valence-corrected chi connectivity index (χ3v) is 2.99. The first-order chi connectivity index (χ1) is 6.86. The Morgan fingerprint density at radius 3 is 3.14 bits per heavy atom. The maximum absolute atomic E-state index is 4.10. The van der Waals surface area contributed by atoms with Gasteiger partial charge in [-0.05, 0) is 28.1 Å². The van der Waals surface area contributed by atoms with E-state index in [9.17, 15) is 0 Å². The predicted octanol–water partition coefficient (Wildman–Crippen LogP) is 3.25. The van der Waals surface area contributed by atoms with Crippen LogP contribution in [0.2, 0.25) is 0 Å². The molecule has 0 N–H and O–H groups in total. The number of halogens is 1. The molecule has 68 valence electrons. The van der Waals surface area contributed by atoms with Gasteiger partial charge in [-0.3, -0.25) is 4.98 Å². The summed E-state index contributed by atoms with van der Waals surface area (Å²) in [6.07, 6.45) is 5.64. The Balaban J connectivity index is 2.65. The van der Waals surface area contributed by atoms with E-state index in [0.717, 1.165) is 9.99 Å². The van der Waals surface area contributed by atoms with E-state index >= 15 is 0 Å². The van der Waals surface area contributed by atoms with Crippen LogP contribution < -0.4 is 0 Å². The smallest absolute Gasteiger partial charge is 0.0672 e. The van der Waals surface area contributed by atoms with Crippen LogP contribution >= 0.6 is 15.9 Å². The van der Waals surface area contributed by atoms with Crippen molar-refractivity contribution in [2.45, 2.75) is 0 Å². The van der Waals surface area contributed by atoms with Crippen molar-refractivity contribution < 1.29 is 0 Å². The fourth-order valence-electron chi connectivity index (χ4n) is 1.75. The molecule has 14 heavy (non-hydrogen) atoms. The molecular weight excluding hydrogens is 240 g/mol. The van der Waals surface area contributed by atoms with Crippen LogP contribution in [0, 0.1) is 0 Å². The molecule has 0 unspecified atom stereocenters. The summed E-state index contributed by atoms with van der Waals surface area (Å²) in [5, 5.41) is 1.23. The van der Waals surface area contributed by atoms with Crippen LogP contribution in [0.4, 0.5) is 0 Å². The average molecular weight is 247 g/mol. The molecule has 2 nitrogen and oxygen atoms in total. The Bertz CT molecular complexity index is 613. The predicted molar refractivity (Wildman–Crippen MR) is 60.4 cm³/mol. The van der Waals surface area contributed by atoms with E-state index in [4.69, 9.17) is 0 Å². The van der Waals surface area contributed by atoms with Crippen molar-refractivity contribution in [2.75, 3.05) is 0 Å². The Hall–Kier alpha value is -1.35. The number of nitrogens with zero attached hydrogens (tertiary/aromatic N) is 2. The standard InChI is InChI=1S/C11H7BrN2/c12-10-3-1-2-8-6-9-7-13-4-5-14(9)11(8)10/h1-7H. The molecule has 1 aromatic carbocycles. The highest BCUT2D eigenvalue weighted by Gasteiger charge is 2.04. The lowest BCUT2D eigenvalue weighted by atomic mass is 10.2. The summed E-state index contributed by atoms with van der Waals surface area (Å²) in [7, 11) is 0. The summed E-state index contributed by atoms with van der Waals surface area (Å²) in [5.41, 5.74) is 2.32. The number of para-hydroxylation sites is 1. The van der Waals surface area contributed by atoms with Gasteiger partial charge in [-0.1, -0.05) is 12.1 Å². The molecule has 3 rings (SSSR count). The van der Waals surface area contributed by atoms with E-state index in [1.165, 1.54) is 10.9 Å². The Labute approximate surface area is 89.3 Å². The number of benzene rings is 1. The highest BCUT2D eigenvalue weighted by atomic mass is 79.9. The van der Waals surface area contributed by atoms with Gasteiger partial charge < -0.3 is 4.40 Å². The minimum atomic E-state index is 1.11. The van der Waals surface area contributed by atoms with Gasteiger partial charge in [0.15, 0.2) is 0 Å². The third kappa shape index (κ3) is 0.990. The molecule has 0 aliphatic carbocycles. The topological polar surface area (TPSA) is 17.3 Å². The first-order valence-corrected chi connectivity index (χ1v) is 5.15. The van der Waals surface area contributed by atoms with Gasteiger partial charge in [0.1, 0.15) is 0 Å². The van der Waals surface area contributed by atoms with Crippen LogP contribution in [-0.4, -0.2) is 9.38 Å². The van der Waals surface area contributed by atoms with Gasteiger partial charge in [0.25, 0.3) is 0 Å². The third-order valence-electron chi connectivity index (χ3n) is 2.35. The molecule has 3 aromatic rings. The second kappa shape index (κ2) is 2.82. The van der Waals surface area contributed by atoms with Crippen LogP contribution in [0.15, 0.2) is 47.3 Å². The zero-order valence-corrected chi connectivity index (χ0v) is 8.90. The van der Waals surface area contributed by atoms with Crippen LogP contribution in [0.1, 0.15) is 0 Å². The molecule has 0 saturated heterocycles. The summed E-state index contributed by atoms with van der Waals surface area (Å²) in [4.78, 5) is 4.10. The summed E-state index contributed by atoms with van der Waals surface area (Å²) in [6, 6.07) is 8.33. The second-order valence-electron chi connectivity index (χ2n) is 3.19. The highest BCUT2D eigenvalue weighted by molar-refractivity contribution is 9.10. The lowest BCUT2D eigenvalue weighted by Gasteiger charge is -1.97. The minimum Gasteiger partial charge on any atom is -0.312 e. The molecule has 0 bridgehead atoms. The minimum absolute atomic E-state index is 1.11. The van der Waals surface area contributed by atoms with Crippen molar-refractivity contribution in [3.8, 4) is 0 Å². The average Bonchev–Trinajstić information content (AvgIpc) is 2.57. The normalized spacial score (nSPS) is 11.2. The summed E-state index contributed by atoms with van der Waals surface area (Å²) in [5.74, 6) is 0. The van der Waals surface area contributed by atoms with Crippen LogP contribution in [0.25, 0.3) is 16.4 Å². The van der Waals surface area contributed by atoms with E-state index in [1.54, 1.807) is 6.20 Å². The molecule has 0 saturated carbocycles. The van der Waals surface area contributed by atoms with E-state index < -0.39 is 0 Å². The Morgan fingerprint density at radius 2 is 2.21 bits per heavy atom. The Kier molecular flexibility index (Phi) is 1.61. The molecular formula is C11H7BrN2. The molecule has 0 atom stereocenters. The van der Waals surface area contributed by atoms with Crippen LogP contribution in [0.5, 0.6) is 0 Å². The fourth-order valence-corrected chi connectivity index (χ4v) is 2.32. The fraction of sp³-hybridized carbons (Fsp3) is 0. The Morgan fingerprint density at radius 1 is 1.29 bits per heavy atom. The van der Waals surface area contributed by atoms with Crippen molar-refractivity contribution in [1.82, 2.24) is 9.38 Å². The van der Waals surface area contributed by atoms with Crippen molar-refractivity contribution in [1.29, 1.82) is 0 Å². The van der Waals surface area contributed by atoms with Crippen molar-refractivity contribution in [2.24, 2.45) is 0 Å². The van der Waals surface area contributed by atoms with Crippen molar-refractivity contribution in [3.63, 3.8) is 0 Å². The summed E-state index contributed by atoms with van der Waals surface area (Å²) < 4.78 is 3.24. The van der Waals surface area contributed by atoms with E-state index in [0.29, 0.717) is 0 Å². The van der Waals surface area contributed by atoms with Crippen LogP contribution in [0.3, 0.4) is 0 Å². The number of rotatable bonds is 0. The SMILES string of the molecule is Brc1cccc2cc3cnccn3c12. The molecule has 0 aliphatic heterocycles. The maximum Gasteiger partial charge on any atom is 0.0672 e. The first-order valence-electron chi connectivity index (χ1n) is 4.35. The van der Waals surface area contributed by atoms with Gasteiger partial charge in [-0.2, -0.15) is 0 Å². The molecule has 2 heterocycles. The van der Waals surface area contributed by atoms with E-state index in [2.05, 4.69) is 43.5 Å². The lowest BCUT2D eigenvalue weighted by Crippen LogP contribution is -1.83. The molecule has 0 aliphatic rings. The van der Waals surface area contributed by atoms with Gasteiger partial charge in [0, 0.05) is 22.3 Å². The zero-order valence-electron chi connectivity index (χ0n) is 7.31. The summed E-state index contributed by atoms with van der Waals surface area (Å²) >= 11 is 3.56. The molecule has 2 aromatic heterocycles. The van der Waals surface area contributed by atoms with Gasteiger partial charge in [0.2, 0.25) is 0 Å². The van der Waals surface area contributed by atoms with E-state index in [-0.39, 0.29) is 0 Å². The first kappa shape index (κ1) is 8.00. The second-order valence-corrected chi connectivity index (χ2v) is 4.05. The molecule has 0 fully saturated rings. The molecule has 0 amide bonds. The maximum atomic E-state index is 4.10. The van der Waals surface area contributed by atoms with Gasteiger partial charge in [-0.15, -0.1) is 0 Å². The summed E-state index contributed by atoms with van der Waals surface area (Å²) in [6.45, 7) is 0. The van der Waals surface area contributed by atoms with Crippen LogP contribution in [-0.2, 0) is 0 Å². The lowest BCUT2D eigenvalue weighted by molar-refractivity contribution is 1.17. The molecule has 0 spiro atoms. The van der Waals surface area contributed by atoms with Crippen molar-refractivity contribution in [3.05, 3.63) is 47.3 Å². The molecule has 0 radical (unpaired) electrons. The molecule has 3 heteroatoms. The number of aromatic nitrogens is 2. The number of hydrogen-bond acceptors (Lipinski definition) is 1. The van der Waals surface area contributed by atoms with Crippen molar-refractivity contribution >= 4 is 32.3 Å². The largest absolute Gasteiger partial charge is 0.312 e. The quantitative estimate of drug-likeness (QED) is 0.596. The van der Waals surface area contributed by atoms with Gasteiger partial charge in [-0.25, -0.2) is 0 Å².